The molecule has 1 fully saturated rings. The van der Waals surface area contributed by atoms with Crippen LogP contribution in [0.3, 0.4) is 0 Å². The molecule has 0 aromatic heterocycles. The van der Waals surface area contributed by atoms with Gasteiger partial charge in [-0.05, 0) is 51.3 Å². The van der Waals surface area contributed by atoms with Gasteiger partial charge in [-0.1, -0.05) is 24.3 Å². The van der Waals surface area contributed by atoms with E-state index in [2.05, 4.69) is 17.2 Å². The summed E-state index contributed by atoms with van der Waals surface area (Å²) in [5, 5.41) is 12.5. The smallest absolute Gasteiger partial charge is 0.251 e. The van der Waals surface area contributed by atoms with Crippen molar-refractivity contribution in [1.29, 1.82) is 0 Å². The highest BCUT2D eigenvalue weighted by atomic mass is 32.2. The first-order valence-corrected chi connectivity index (χ1v) is 11.0. The van der Waals surface area contributed by atoms with Gasteiger partial charge in [0.2, 0.25) is 10.0 Å². The summed E-state index contributed by atoms with van der Waals surface area (Å²) in [5.74, 6) is 5.36. The van der Waals surface area contributed by atoms with Gasteiger partial charge in [0.05, 0.1) is 6.26 Å². The molecule has 2 rings (SSSR count). The molecule has 1 saturated heterocycles. The number of nitrogens with zero attached hydrogens (tertiary/aromatic N) is 1. The van der Waals surface area contributed by atoms with Crippen molar-refractivity contribution in [3.05, 3.63) is 35.4 Å². The molecule has 0 bridgehead atoms. The molecule has 1 aliphatic rings. The van der Waals surface area contributed by atoms with Crippen LogP contribution in [0.25, 0.3) is 0 Å². The minimum Gasteiger partial charge on any atom is -0.378 e. The number of benzene rings is 1. The van der Waals surface area contributed by atoms with Gasteiger partial charge >= 0.3 is 0 Å². The summed E-state index contributed by atoms with van der Waals surface area (Å²) in [6.07, 6.45) is 4.55. The van der Waals surface area contributed by atoms with Crippen molar-refractivity contribution in [2.24, 2.45) is 0 Å². The van der Waals surface area contributed by atoms with Crippen LogP contribution in [0.4, 0.5) is 0 Å². The number of hydrogen-bond donors (Lipinski definition) is 2. The molecule has 1 heterocycles. The number of nitrogens with one attached hydrogen (secondary N) is 1. The molecule has 1 amide bonds. The molecule has 7 heteroatoms. The van der Waals surface area contributed by atoms with Gasteiger partial charge in [-0.25, -0.2) is 8.42 Å². The van der Waals surface area contributed by atoms with Gasteiger partial charge in [0.15, 0.2) is 0 Å². The largest absolute Gasteiger partial charge is 0.378 e. The topological polar surface area (TPSA) is 86.7 Å². The van der Waals surface area contributed by atoms with Crippen LogP contribution >= 0.6 is 0 Å². The number of aliphatic hydroxyl groups is 1. The molecule has 1 aromatic rings. The maximum Gasteiger partial charge on any atom is 0.251 e. The molecular formula is C20H28N2O4S. The van der Waals surface area contributed by atoms with Gasteiger partial charge in [0, 0.05) is 30.3 Å². The van der Waals surface area contributed by atoms with Crippen molar-refractivity contribution in [3.63, 3.8) is 0 Å². The fourth-order valence-electron chi connectivity index (χ4n) is 3.12. The normalized spacial score (nSPS) is 18.4. The number of sulfonamides is 1. The zero-order chi connectivity index (χ0) is 20.1. The van der Waals surface area contributed by atoms with Crippen molar-refractivity contribution < 1.29 is 18.3 Å². The summed E-state index contributed by atoms with van der Waals surface area (Å²) in [7, 11) is -3.22. The van der Waals surface area contributed by atoms with Crippen LogP contribution in [-0.4, -0.2) is 54.7 Å². The molecule has 0 aliphatic carbocycles. The quantitative estimate of drug-likeness (QED) is 0.748. The molecule has 1 aliphatic heterocycles. The zero-order valence-corrected chi connectivity index (χ0v) is 17.0. The molecular weight excluding hydrogens is 364 g/mol. The average Bonchev–Trinajstić information content (AvgIpc) is 2.59. The summed E-state index contributed by atoms with van der Waals surface area (Å²) in [4.78, 5) is 12.4. The Morgan fingerprint density at radius 1 is 1.37 bits per heavy atom. The van der Waals surface area contributed by atoms with Crippen molar-refractivity contribution in [2.45, 2.75) is 51.2 Å². The van der Waals surface area contributed by atoms with E-state index in [-0.39, 0.29) is 11.9 Å². The highest BCUT2D eigenvalue weighted by Crippen LogP contribution is 2.21. The van der Waals surface area contributed by atoms with E-state index in [9.17, 15) is 18.3 Å². The second-order valence-electron chi connectivity index (χ2n) is 7.46. The Morgan fingerprint density at radius 3 is 2.78 bits per heavy atom. The lowest BCUT2D eigenvalue weighted by Gasteiger charge is -2.33. The molecule has 6 nitrogen and oxygen atoms in total. The summed E-state index contributed by atoms with van der Waals surface area (Å²) in [6.45, 7) is 4.16. The predicted molar refractivity (Wildman–Crippen MR) is 106 cm³/mol. The van der Waals surface area contributed by atoms with Gasteiger partial charge in [-0.2, -0.15) is 4.31 Å². The third-order valence-corrected chi connectivity index (χ3v) is 5.73. The molecule has 148 valence electrons. The third kappa shape index (κ3) is 6.98. The molecule has 1 unspecified atom stereocenters. The Balaban J connectivity index is 1.95. The first-order valence-electron chi connectivity index (χ1n) is 9.17. The Bertz CT molecular complexity index is 832. The molecule has 27 heavy (non-hydrogen) atoms. The van der Waals surface area contributed by atoms with E-state index in [0.29, 0.717) is 30.6 Å². The lowest BCUT2D eigenvalue weighted by atomic mass is 10.0. The molecule has 1 atom stereocenters. The van der Waals surface area contributed by atoms with Crippen LogP contribution in [0.2, 0.25) is 0 Å². The SMILES string of the molecule is CC(C)(O)C#Cc1cccc(C(=O)NCCC2CCCCN2S(C)(=O)=O)c1. The number of rotatable bonds is 5. The lowest BCUT2D eigenvalue weighted by molar-refractivity contribution is 0.0949. The number of piperidine rings is 1. The summed E-state index contributed by atoms with van der Waals surface area (Å²) in [6, 6.07) is 6.85. The fourth-order valence-corrected chi connectivity index (χ4v) is 4.33. The standard InChI is InChI=1S/C20H28N2O4S/c1-20(2,24)12-10-16-7-6-8-17(15-16)19(23)21-13-11-18-9-4-5-14-22(18)27(3,25)26/h6-8,15,18,24H,4-5,9,11,13-14H2,1-3H3,(H,21,23). The van der Waals surface area contributed by atoms with Crippen LogP contribution in [0, 0.1) is 11.8 Å². The van der Waals surface area contributed by atoms with Crippen LogP contribution < -0.4 is 5.32 Å². The van der Waals surface area contributed by atoms with E-state index in [0.717, 1.165) is 19.3 Å². The Morgan fingerprint density at radius 2 is 2.11 bits per heavy atom. The Hall–Kier alpha value is -1.88. The van der Waals surface area contributed by atoms with Crippen molar-refractivity contribution in [1.82, 2.24) is 9.62 Å². The monoisotopic (exact) mass is 392 g/mol. The maximum atomic E-state index is 12.4. The first-order chi connectivity index (χ1) is 12.6. The minimum absolute atomic E-state index is 0.0574. The van der Waals surface area contributed by atoms with Crippen LogP contribution in [0.15, 0.2) is 24.3 Å². The summed E-state index contributed by atoms with van der Waals surface area (Å²) in [5.41, 5.74) is 0.0467. The molecule has 0 saturated carbocycles. The van der Waals surface area contributed by atoms with Crippen LogP contribution in [0.1, 0.15) is 55.5 Å². The Labute approximate surface area is 162 Å². The second kappa shape index (κ2) is 8.87. The summed E-state index contributed by atoms with van der Waals surface area (Å²) < 4.78 is 25.3. The van der Waals surface area contributed by atoms with Crippen molar-refractivity contribution in [2.75, 3.05) is 19.3 Å². The second-order valence-corrected chi connectivity index (χ2v) is 9.39. The molecule has 0 radical (unpaired) electrons. The van der Waals surface area contributed by atoms with E-state index in [1.165, 1.54) is 6.26 Å². The number of amides is 1. The lowest BCUT2D eigenvalue weighted by Crippen LogP contribution is -2.44. The average molecular weight is 393 g/mol. The van der Waals surface area contributed by atoms with Gasteiger partial charge in [0.1, 0.15) is 5.60 Å². The maximum absolute atomic E-state index is 12.4. The fraction of sp³-hybridized carbons (Fsp3) is 0.550. The van der Waals surface area contributed by atoms with E-state index < -0.39 is 15.6 Å². The van der Waals surface area contributed by atoms with E-state index in [1.807, 2.05) is 0 Å². The minimum atomic E-state index is -3.22. The van der Waals surface area contributed by atoms with Gasteiger partial charge in [-0.15, -0.1) is 0 Å². The Kier molecular flexibility index (Phi) is 7.04. The molecule has 1 aromatic carbocycles. The third-order valence-electron chi connectivity index (χ3n) is 4.40. The van der Waals surface area contributed by atoms with Crippen molar-refractivity contribution >= 4 is 15.9 Å². The highest BCUT2D eigenvalue weighted by Gasteiger charge is 2.28. The van der Waals surface area contributed by atoms with Crippen molar-refractivity contribution in [3.8, 4) is 11.8 Å². The van der Waals surface area contributed by atoms with Gasteiger partial charge in [-0.3, -0.25) is 4.79 Å². The molecule has 0 spiro atoms. The van der Waals surface area contributed by atoms with E-state index in [1.54, 1.807) is 42.4 Å². The van der Waals surface area contributed by atoms with Crippen LogP contribution in [0.5, 0.6) is 0 Å². The predicted octanol–water partition coefficient (Wildman–Crippen LogP) is 1.74. The first kappa shape index (κ1) is 21.4. The van der Waals surface area contributed by atoms with Crippen LogP contribution in [-0.2, 0) is 10.0 Å². The highest BCUT2D eigenvalue weighted by molar-refractivity contribution is 7.88. The van der Waals surface area contributed by atoms with E-state index >= 15 is 0 Å². The zero-order valence-electron chi connectivity index (χ0n) is 16.2. The number of hydrogen-bond acceptors (Lipinski definition) is 4. The van der Waals surface area contributed by atoms with E-state index in [4.69, 9.17) is 0 Å². The van der Waals surface area contributed by atoms with Gasteiger partial charge in [0.25, 0.3) is 5.91 Å². The summed E-state index contributed by atoms with van der Waals surface area (Å²) >= 11 is 0. The molecule has 2 N–H and O–H groups in total. The van der Waals surface area contributed by atoms with Gasteiger partial charge < -0.3 is 10.4 Å². The number of carbonyl (C=O) groups excluding carboxylic acids is 1. The number of carbonyl (C=O) groups is 1.